The van der Waals surface area contributed by atoms with Gasteiger partial charge in [0.15, 0.2) is 5.13 Å². The van der Waals surface area contributed by atoms with Crippen molar-refractivity contribution in [2.24, 2.45) is 0 Å². The number of thiazole rings is 1. The highest BCUT2D eigenvalue weighted by Crippen LogP contribution is 2.36. The van der Waals surface area contributed by atoms with Crippen molar-refractivity contribution in [2.45, 2.75) is 17.8 Å². The molecule has 0 fully saturated rings. The maximum Gasteiger partial charge on any atom is 0.259 e. The molecule has 1 aromatic heterocycles. The first-order chi connectivity index (χ1) is 17.9. The predicted octanol–water partition coefficient (Wildman–Crippen LogP) is 6.54. The molecule has 1 aliphatic rings. The van der Waals surface area contributed by atoms with Crippen molar-refractivity contribution in [1.82, 2.24) is 10.3 Å². The fraction of sp³-hybridized carbons (Fsp3) is 0.115. The maximum atomic E-state index is 14.3. The summed E-state index contributed by atoms with van der Waals surface area (Å²) >= 11 is 0.886. The molecule has 0 spiro atoms. The summed E-state index contributed by atoms with van der Waals surface area (Å²) in [6, 6.07) is 20.7. The summed E-state index contributed by atoms with van der Waals surface area (Å²) in [6.45, 7) is 0. The zero-order chi connectivity index (χ0) is 25.8. The largest absolute Gasteiger partial charge is 0.370 e. The topological polar surface area (TPSA) is 86.3 Å². The van der Waals surface area contributed by atoms with Crippen molar-refractivity contribution in [3.63, 3.8) is 0 Å². The minimum Gasteiger partial charge on any atom is -0.370 e. The van der Waals surface area contributed by atoms with Crippen LogP contribution in [0.2, 0.25) is 0 Å². The molecule has 37 heavy (non-hydrogen) atoms. The van der Waals surface area contributed by atoms with Crippen LogP contribution in [0, 0.1) is 11.6 Å². The number of thioether (sulfide) groups is 1. The van der Waals surface area contributed by atoms with Crippen molar-refractivity contribution in [3.05, 3.63) is 112 Å². The molecule has 5 rings (SSSR count). The van der Waals surface area contributed by atoms with Crippen LogP contribution in [0.5, 0.6) is 0 Å². The lowest BCUT2D eigenvalue weighted by Crippen LogP contribution is -2.31. The van der Waals surface area contributed by atoms with Gasteiger partial charge in [0, 0.05) is 28.4 Å². The van der Waals surface area contributed by atoms with E-state index in [1.807, 2.05) is 30.3 Å². The Labute approximate surface area is 223 Å². The van der Waals surface area contributed by atoms with Crippen LogP contribution in [0.15, 0.2) is 89.3 Å². The Morgan fingerprint density at radius 3 is 2.59 bits per heavy atom. The second kappa shape index (κ2) is 11.4. The monoisotopic (exact) mass is 556 g/mol. The molecular formula is C26H22F2N4O2S3. The summed E-state index contributed by atoms with van der Waals surface area (Å²) in [6.07, 6.45) is 0.600. The van der Waals surface area contributed by atoms with E-state index in [2.05, 4.69) is 37.9 Å². The van der Waals surface area contributed by atoms with Crippen LogP contribution < -0.4 is 15.4 Å². The molecule has 3 atom stereocenters. The molecule has 0 bridgehead atoms. The van der Waals surface area contributed by atoms with Crippen molar-refractivity contribution in [3.8, 4) is 11.3 Å². The smallest absolute Gasteiger partial charge is 0.259 e. The van der Waals surface area contributed by atoms with Crippen molar-refractivity contribution in [1.29, 1.82) is 0 Å². The zero-order valence-electron chi connectivity index (χ0n) is 19.2. The van der Waals surface area contributed by atoms with Gasteiger partial charge in [-0.1, -0.05) is 42.5 Å². The van der Waals surface area contributed by atoms with E-state index >= 15 is 0 Å². The van der Waals surface area contributed by atoms with Crippen LogP contribution >= 0.6 is 23.1 Å². The van der Waals surface area contributed by atoms with Crippen molar-refractivity contribution in [2.75, 3.05) is 10.0 Å². The molecule has 0 aliphatic carbocycles. The summed E-state index contributed by atoms with van der Waals surface area (Å²) in [5.74, 6) is -1.29. The van der Waals surface area contributed by atoms with Gasteiger partial charge >= 0.3 is 0 Å². The van der Waals surface area contributed by atoms with Crippen LogP contribution in [0.1, 0.15) is 16.5 Å². The Kier molecular flexibility index (Phi) is 7.85. The second-order valence-electron chi connectivity index (χ2n) is 8.26. The fourth-order valence-electron chi connectivity index (χ4n) is 3.93. The van der Waals surface area contributed by atoms with E-state index in [1.165, 1.54) is 23.5 Å². The highest BCUT2D eigenvalue weighted by molar-refractivity contribution is 8.02. The van der Waals surface area contributed by atoms with Gasteiger partial charge in [-0.2, -0.15) is 0 Å². The van der Waals surface area contributed by atoms with Gasteiger partial charge in [-0.15, -0.1) is 23.1 Å². The van der Waals surface area contributed by atoms with Crippen LogP contribution in [0.3, 0.4) is 0 Å². The first-order valence-electron chi connectivity index (χ1n) is 11.3. The molecule has 6 nitrogen and oxygen atoms in total. The summed E-state index contributed by atoms with van der Waals surface area (Å²) in [5.41, 5.74) is 4.36. The van der Waals surface area contributed by atoms with Gasteiger partial charge in [-0.05, 0) is 47.2 Å². The Morgan fingerprint density at radius 2 is 1.86 bits per heavy atom. The minimum atomic E-state index is -2.14. The molecule has 2 heterocycles. The van der Waals surface area contributed by atoms with E-state index in [9.17, 15) is 13.0 Å². The molecule has 0 amide bonds. The number of rotatable bonds is 9. The third-order valence-corrected chi connectivity index (χ3v) is 7.95. The normalized spacial score (nSPS) is 16.5. The number of nitrogens with zero attached hydrogens (tertiary/aromatic N) is 1. The number of aromatic nitrogens is 1. The third-order valence-electron chi connectivity index (χ3n) is 5.71. The fourth-order valence-corrected chi connectivity index (χ4v) is 6.06. The Balaban J connectivity index is 1.37. The first-order valence-corrected chi connectivity index (χ1v) is 14.2. The number of halogens is 2. The van der Waals surface area contributed by atoms with E-state index in [0.717, 1.165) is 22.9 Å². The lowest BCUT2D eigenvalue weighted by Gasteiger charge is -2.22. The highest BCUT2D eigenvalue weighted by atomic mass is 32.2. The molecule has 0 saturated heterocycles. The Bertz CT molecular complexity index is 1430. The molecule has 11 heteroatoms. The summed E-state index contributed by atoms with van der Waals surface area (Å²) in [7, 11) is 0. The molecule has 0 radical (unpaired) electrons. The number of hydrogen-bond acceptors (Lipinski definition) is 6. The molecule has 4 aromatic rings. The average Bonchev–Trinajstić information content (AvgIpc) is 3.55. The quantitative estimate of drug-likeness (QED) is 0.175. The van der Waals surface area contributed by atoms with Gasteiger partial charge in [0.1, 0.15) is 17.0 Å². The van der Waals surface area contributed by atoms with Gasteiger partial charge in [0.05, 0.1) is 11.7 Å². The van der Waals surface area contributed by atoms with Crippen molar-refractivity contribution < 1.29 is 17.5 Å². The number of nitrogens with one attached hydrogen (secondary N) is 3. The third kappa shape index (κ3) is 6.37. The number of benzene rings is 3. The lowest BCUT2D eigenvalue weighted by atomic mass is 10.0. The minimum absolute atomic E-state index is 0.0757. The van der Waals surface area contributed by atoms with E-state index < -0.39 is 22.9 Å². The van der Waals surface area contributed by atoms with E-state index in [1.54, 1.807) is 29.3 Å². The number of hydrogen-bond donors (Lipinski definition) is 4. The van der Waals surface area contributed by atoms with E-state index in [-0.39, 0.29) is 17.0 Å². The molecular weight excluding hydrogens is 535 g/mol. The van der Waals surface area contributed by atoms with Gasteiger partial charge in [0.2, 0.25) is 0 Å². The molecule has 3 aromatic carbocycles. The Hall–Kier alpha value is -3.25. The van der Waals surface area contributed by atoms with Crippen molar-refractivity contribution >= 4 is 45.2 Å². The molecule has 1 aliphatic heterocycles. The molecule has 4 N–H and O–H groups in total. The van der Waals surface area contributed by atoms with Crippen LogP contribution in [0.4, 0.5) is 19.6 Å². The zero-order valence-corrected chi connectivity index (χ0v) is 21.7. The average molecular weight is 557 g/mol. The maximum absolute atomic E-state index is 14.3. The lowest BCUT2D eigenvalue weighted by molar-refractivity contribution is 0.570. The summed E-state index contributed by atoms with van der Waals surface area (Å²) in [4.78, 5) is 4.56. The van der Waals surface area contributed by atoms with Gasteiger partial charge in [0.25, 0.3) is 11.3 Å². The number of anilines is 2. The van der Waals surface area contributed by atoms with Gasteiger partial charge in [-0.3, -0.25) is 9.27 Å². The van der Waals surface area contributed by atoms with Crippen LogP contribution in [-0.2, 0) is 17.7 Å². The van der Waals surface area contributed by atoms with Crippen LogP contribution in [-0.4, -0.2) is 19.8 Å². The molecule has 190 valence electrons. The standard InChI is InChI=1S/C26H22F2N4O2S3/c27-18-8-11-20(21(28)13-18)23-14-36-26(31-23)30-22(12-16-6-9-19(10-7-16)32-37(33)34)24-15-35-25(29-24)17-4-2-1-3-5-17/h1-11,13-15,22,25,29,32H,12H2,(H,30,31)(H,33,34)/t22-,25?/m0/s1. The SMILES string of the molecule is O=S(O)Nc1ccc(C[C@H](Nc2nc(-c3ccc(F)cc3F)cs2)C2=CSC(c3ccccc3)N2)cc1. The second-order valence-corrected chi connectivity index (χ2v) is 10.8. The van der Waals surface area contributed by atoms with Gasteiger partial charge < -0.3 is 10.6 Å². The molecule has 2 unspecified atom stereocenters. The summed E-state index contributed by atoms with van der Waals surface area (Å²) in [5, 5.41) is 11.6. The first kappa shape index (κ1) is 25.4. The molecule has 0 saturated carbocycles. The van der Waals surface area contributed by atoms with Crippen LogP contribution in [0.25, 0.3) is 11.3 Å². The highest BCUT2D eigenvalue weighted by Gasteiger charge is 2.25. The van der Waals surface area contributed by atoms with E-state index in [4.69, 9.17) is 4.55 Å². The summed E-state index contributed by atoms with van der Waals surface area (Å²) < 4.78 is 50.2. The predicted molar refractivity (Wildman–Crippen MR) is 147 cm³/mol. The Morgan fingerprint density at radius 1 is 1.08 bits per heavy atom. The van der Waals surface area contributed by atoms with Gasteiger partial charge in [-0.25, -0.2) is 18.0 Å². The van der Waals surface area contributed by atoms with E-state index in [0.29, 0.717) is 22.9 Å².